The van der Waals surface area contributed by atoms with Crippen LogP contribution in [0.2, 0.25) is 0 Å². The molecule has 2 aromatic carbocycles. The van der Waals surface area contributed by atoms with Crippen LogP contribution >= 0.6 is 11.3 Å². The molecule has 0 radical (unpaired) electrons. The van der Waals surface area contributed by atoms with Gasteiger partial charge in [-0.3, -0.25) is 19.3 Å². The second kappa shape index (κ2) is 8.04. The smallest absolute Gasteiger partial charge is 0.394 e. The number of carboxylic acids is 2. The fraction of sp³-hybridized carbons (Fsp3) is 0.174. The number of thiophene rings is 1. The van der Waals surface area contributed by atoms with Crippen molar-refractivity contribution in [3.8, 4) is 0 Å². The molecular weight excluding hydrogens is 464 g/mol. The first-order valence-electron chi connectivity index (χ1n) is 10.2. The third-order valence-corrected chi connectivity index (χ3v) is 6.95. The van der Waals surface area contributed by atoms with Crippen LogP contribution in [0.4, 0.5) is 5.00 Å². The van der Waals surface area contributed by atoms with Gasteiger partial charge in [-0.1, -0.05) is 24.3 Å². The lowest BCUT2D eigenvalue weighted by Gasteiger charge is -2.26. The van der Waals surface area contributed by atoms with E-state index in [9.17, 15) is 29.1 Å². The molecular formula is C23H16N2O8S. The number of amides is 3. The van der Waals surface area contributed by atoms with E-state index in [-0.39, 0.29) is 30.1 Å². The van der Waals surface area contributed by atoms with Crippen molar-refractivity contribution in [2.24, 2.45) is 0 Å². The van der Waals surface area contributed by atoms with Crippen molar-refractivity contribution in [2.75, 3.05) is 11.9 Å². The number of carboxylic acid groups (broad SMARTS) is 2. The molecule has 1 atom stereocenters. The number of rotatable bonds is 4. The van der Waals surface area contributed by atoms with Gasteiger partial charge in [0.1, 0.15) is 5.00 Å². The molecule has 1 unspecified atom stereocenters. The lowest BCUT2D eigenvalue weighted by atomic mass is 10.0. The van der Waals surface area contributed by atoms with E-state index in [4.69, 9.17) is 9.84 Å². The molecule has 3 amide bonds. The summed E-state index contributed by atoms with van der Waals surface area (Å²) in [5.74, 6) is -5.31. The average molecular weight is 480 g/mol. The molecule has 0 aliphatic carbocycles. The third-order valence-electron chi connectivity index (χ3n) is 5.83. The lowest BCUT2D eigenvalue weighted by molar-refractivity contribution is -0.147. The van der Waals surface area contributed by atoms with Crippen molar-refractivity contribution in [3.63, 3.8) is 0 Å². The SMILES string of the molecule is O=C(O)C(=O)Nc1sc2c(c1C(=O)O)CC(CN1C(=O)c3cc4ccccc4cc3C1=O)OC2. The van der Waals surface area contributed by atoms with E-state index >= 15 is 0 Å². The van der Waals surface area contributed by atoms with Gasteiger partial charge in [-0.15, -0.1) is 11.3 Å². The van der Waals surface area contributed by atoms with E-state index in [0.29, 0.717) is 21.6 Å². The van der Waals surface area contributed by atoms with E-state index in [1.165, 1.54) is 0 Å². The number of fused-ring (bicyclic) bond motifs is 3. The number of nitrogens with zero attached hydrogens (tertiary/aromatic N) is 1. The van der Waals surface area contributed by atoms with Crippen molar-refractivity contribution in [3.05, 3.63) is 63.5 Å². The first-order chi connectivity index (χ1) is 16.2. The Morgan fingerprint density at radius 3 is 2.24 bits per heavy atom. The molecule has 2 aliphatic rings. The fourth-order valence-corrected chi connectivity index (χ4v) is 5.40. The van der Waals surface area contributed by atoms with Crippen LogP contribution < -0.4 is 5.32 Å². The number of hydrogen-bond donors (Lipinski definition) is 3. The number of imide groups is 1. The van der Waals surface area contributed by atoms with Crippen LogP contribution in [0.1, 0.15) is 41.5 Å². The van der Waals surface area contributed by atoms with Gasteiger partial charge >= 0.3 is 17.8 Å². The molecule has 1 aromatic heterocycles. The van der Waals surface area contributed by atoms with Gasteiger partial charge in [0.05, 0.1) is 35.9 Å². The van der Waals surface area contributed by atoms with Crippen molar-refractivity contribution >= 4 is 56.8 Å². The van der Waals surface area contributed by atoms with E-state index in [1.54, 1.807) is 12.1 Å². The largest absolute Gasteiger partial charge is 0.478 e. The fourth-order valence-electron chi connectivity index (χ4n) is 4.26. The molecule has 3 aromatic rings. The molecule has 0 fully saturated rings. The molecule has 0 bridgehead atoms. The highest BCUT2D eigenvalue weighted by Gasteiger charge is 2.39. The van der Waals surface area contributed by atoms with Gasteiger partial charge < -0.3 is 20.3 Å². The molecule has 11 heteroatoms. The van der Waals surface area contributed by atoms with Gasteiger partial charge in [0.25, 0.3) is 11.8 Å². The minimum absolute atomic E-state index is 0.000936. The second-order valence-electron chi connectivity index (χ2n) is 7.88. The molecule has 10 nitrogen and oxygen atoms in total. The van der Waals surface area contributed by atoms with E-state index in [2.05, 4.69) is 5.32 Å². The predicted octanol–water partition coefficient (Wildman–Crippen LogP) is 2.36. The molecule has 0 saturated carbocycles. The Bertz CT molecular complexity index is 1370. The first kappa shape index (κ1) is 21.7. The van der Waals surface area contributed by atoms with Crippen LogP contribution in [0.25, 0.3) is 10.8 Å². The number of aliphatic carboxylic acids is 1. The highest BCUT2D eigenvalue weighted by molar-refractivity contribution is 7.17. The molecule has 2 aliphatic heterocycles. The number of ether oxygens (including phenoxy) is 1. The molecule has 0 saturated heterocycles. The predicted molar refractivity (Wildman–Crippen MR) is 119 cm³/mol. The van der Waals surface area contributed by atoms with Crippen LogP contribution in [0.15, 0.2) is 36.4 Å². The number of hydrogen-bond acceptors (Lipinski definition) is 7. The van der Waals surface area contributed by atoms with Crippen LogP contribution in [0.3, 0.4) is 0 Å². The van der Waals surface area contributed by atoms with Crippen LogP contribution in [0, 0.1) is 0 Å². The Balaban J connectivity index is 1.40. The summed E-state index contributed by atoms with van der Waals surface area (Å²) in [6.07, 6.45) is -0.592. The molecule has 3 N–H and O–H groups in total. The summed E-state index contributed by atoms with van der Waals surface area (Å²) >= 11 is 0.924. The Hall–Kier alpha value is -4.09. The van der Waals surface area contributed by atoms with Gasteiger partial charge in [-0.05, 0) is 28.5 Å². The molecule has 5 rings (SSSR count). The summed E-state index contributed by atoms with van der Waals surface area (Å²) in [6.45, 7) is -0.0746. The number of benzene rings is 2. The van der Waals surface area contributed by atoms with Crippen molar-refractivity contribution in [1.29, 1.82) is 0 Å². The Labute approximate surface area is 195 Å². The number of nitrogens with one attached hydrogen (secondary N) is 1. The Morgan fingerprint density at radius 1 is 1.06 bits per heavy atom. The van der Waals surface area contributed by atoms with Crippen LogP contribution in [-0.2, 0) is 27.4 Å². The summed E-state index contributed by atoms with van der Waals surface area (Å²) in [5, 5.41) is 22.2. The monoisotopic (exact) mass is 480 g/mol. The zero-order chi connectivity index (χ0) is 24.1. The molecule has 0 spiro atoms. The minimum Gasteiger partial charge on any atom is -0.478 e. The summed E-state index contributed by atoms with van der Waals surface area (Å²) in [7, 11) is 0. The highest BCUT2D eigenvalue weighted by atomic mass is 32.1. The van der Waals surface area contributed by atoms with E-state index in [0.717, 1.165) is 27.0 Å². The van der Waals surface area contributed by atoms with Gasteiger partial charge in [0, 0.05) is 11.3 Å². The van der Waals surface area contributed by atoms with E-state index < -0.39 is 35.8 Å². The molecule has 172 valence electrons. The van der Waals surface area contributed by atoms with Gasteiger partial charge in [0.15, 0.2) is 0 Å². The first-order valence-corrected chi connectivity index (χ1v) is 11.0. The Kier molecular flexibility index (Phi) is 5.14. The standard InChI is InChI=1S/C23H16N2O8S/c26-18(23(31)32)24-19-17(22(29)30)15-7-12(33-9-16(15)34-19)8-25-20(27)13-5-10-3-1-2-4-11(10)6-14(13)21(25)28/h1-6,12H,7-9H2,(H,24,26)(H,29,30)(H,31,32). The third kappa shape index (κ3) is 3.51. The van der Waals surface area contributed by atoms with Crippen molar-refractivity contribution in [2.45, 2.75) is 19.1 Å². The summed E-state index contributed by atoms with van der Waals surface area (Å²) in [6, 6.07) is 10.8. The second-order valence-corrected chi connectivity index (χ2v) is 8.98. The summed E-state index contributed by atoms with van der Waals surface area (Å²) in [5.41, 5.74) is 0.787. The van der Waals surface area contributed by atoms with Gasteiger partial charge in [-0.25, -0.2) is 9.59 Å². The van der Waals surface area contributed by atoms with Crippen LogP contribution in [0.5, 0.6) is 0 Å². The minimum atomic E-state index is -1.74. The van der Waals surface area contributed by atoms with Gasteiger partial charge in [0.2, 0.25) is 0 Å². The Morgan fingerprint density at radius 2 is 1.68 bits per heavy atom. The highest BCUT2D eigenvalue weighted by Crippen LogP contribution is 2.38. The van der Waals surface area contributed by atoms with Crippen LogP contribution in [-0.4, -0.2) is 57.4 Å². The molecule has 34 heavy (non-hydrogen) atoms. The zero-order valence-electron chi connectivity index (χ0n) is 17.4. The molecule has 3 heterocycles. The van der Waals surface area contributed by atoms with Crippen molar-refractivity contribution in [1.82, 2.24) is 4.90 Å². The average Bonchev–Trinajstić information content (AvgIpc) is 3.27. The number of carbonyl (C=O) groups excluding carboxylic acids is 3. The number of anilines is 1. The number of carbonyl (C=O) groups is 5. The maximum absolute atomic E-state index is 13.0. The summed E-state index contributed by atoms with van der Waals surface area (Å²) in [4.78, 5) is 61.9. The normalized spacial score (nSPS) is 16.9. The number of aromatic carboxylic acids is 1. The topological polar surface area (TPSA) is 150 Å². The maximum Gasteiger partial charge on any atom is 0.394 e. The van der Waals surface area contributed by atoms with Crippen molar-refractivity contribution < 1.29 is 38.9 Å². The van der Waals surface area contributed by atoms with Gasteiger partial charge in [-0.2, -0.15) is 0 Å². The summed E-state index contributed by atoms with van der Waals surface area (Å²) < 4.78 is 5.78. The van der Waals surface area contributed by atoms with E-state index in [1.807, 2.05) is 24.3 Å². The zero-order valence-corrected chi connectivity index (χ0v) is 18.2. The quantitative estimate of drug-likeness (QED) is 0.380. The lowest BCUT2D eigenvalue weighted by Crippen LogP contribution is -2.40. The maximum atomic E-state index is 13.0.